The highest BCUT2D eigenvalue weighted by Gasteiger charge is 2.29. The molecule has 0 fully saturated rings. The quantitative estimate of drug-likeness (QED) is 0.767. The first-order chi connectivity index (χ1) is 9.77. The summed E-state index contributed by atoms with van der Waals surface area (Å²) < 4.78 is 10.9. The third-order valence-electron chi connectivity index (χ3n) is 3.14. The van der Waals surface area contributed by atoms with Crippen LogP contribution in [-0.4, -0.2) is 25.5 Å². The number of amides is 1. The summed E-state index contributed by atoms with van der Waals surface area (Å²) in [5.74, 6) is 0. The molecule has 0 bridgehead atoms. The summed E-state index contributed by atoms with van der Waals surface area (Å²) in [6, 6.07) is 7.74. The lowest BCUT2D eigenvalue weighted by Gasteiger charge is -2.32. The summed E-state index contributed by atoms with van der Waals surface area (Å²) in [4.78, 5) is 13.8. The minimum absolute atomic E-state index is 0.350. The van der Waals surface area contributed by atoms with Crippen molar-refractivity contribution in [2.75, 3.05) is 18.1 Å². The van der Waals surface area contributed by atoms with Gasteiger partial charge in [-0.05, 0) is 31.1 Å². The van der Waals surface area contributed by atoms with Crippen LogP contribution in [0.3, 0.4) is 0 Å². The van der Waals surface area contributed by atoms with Crippen molar-refractivity contribution < 1.29 is 14.3 Å². The number of carbonyl (C=O) groups excluding carboxylic acids is 1. The van der Waals surface area contributed by atoms with Crippen LogP contribution >= 0.6 is 0 Å². The maximum absolute atomic E-state index is 12.2. The molecule has 1 amide bonds. The molecule has 20 heavy (non-hydrogen) atoms. The van der Waals surface area contributed by atoms with Crippen LogP contribution in [0.2, 0.25) is 0 Å². The number of benzene rings is 1. The Morgan fingerprint density at radius 3 is 2.85 bits per heavy atom. The third-order valence-corrected chi connectivity index (χ3v) is 3.14. The van der Waals surface area contributed by atoms with Gasteiger partial charge in [0.1, 0.15) is 0 Å². The Balaban J connectivity index is 2.22. The zero-order valence-corrected chi connectivity index (χ0v) is 12.0. The van der Waals surface area contributed by atoms with E-state index in [4.69, 9.17) is 9.47 Å². The zero-order chi connectivity index (χ0) is 14.4. The van der Waals surface area contributed by atoms with Gasteiger partial charge in [-0.2, -0.15) is 0 Å². The van der Waals surface area contributed by atoms with E-state index in [2.05, 4.69) is 6.92 Å². The summed E-state index contributed by atoms with van der Waals surface area (Å²) in [5, 5.41) is 0. The molecular weight excluding hydrogens is 254 g/mol. The van der Waals surface area contributed by atoms with Crippen LogP contribution in [0.15, 0.2) is 30.3 Å². The molecule has 1 heterocycles. The summed E-state index contributed by atoms with van der Waals surface area (Å²) in [6.45, 7) is 4.89. The standard InChI is InChI=1S/C16H21NO3/c1-3-5-12-20-15-11-10-13-8-6-7-9-14(13)17(15)16(18)19-4-2/h6-11,15H,3-5,12H2,1-2H3. The smallest absolute Gasteiger partial charge is 0.416 e. The van der Waals surface area contributed by atoms with Gasteiger partial charge in [0.15, 0.2) is 6.23 Å². The molecule has 0 spiro atoms. The molecule has 1 aromatic carbocycles. The van der Waals surface area contributed by atoms with Crippen LogP contribution in [0.25, 0.3) is 6.08 Å². The van der Waals surface area contributed by atoms with Crippen molar-refractivity contribution in [2.24, 2.45) is 0 Å². The minimum atomic E-state index is -0.393. The second-order valence-corrected chi connectivity index (χ2v) is 4.60. The normalized spacial score (nSPS) is 16.9. The van der Waals surface area contributed by atoms with E-state index in [-0.39, 0.29) is 6.09 Å². The summed E-state index contributed by atoms with van der Waals surface area (Å²) in [6.07, 6.45) is 5.16. The van der Waals surface area contributed by atoms with Crippen LogP contribution in [0.1, 0.15) is 32.3 Å². The maximum atomic E-state index is 12.2. The van der Waals surface area contributed by atoms with Gasteiger partial charge in [0.25, 0.3) is 0 Å². The van der Waals surface area contributed by atoms with Crippen LogP contribution in [0.4, 0.5) is 10.5 Å². The van der Waals surface area contributed by atoms with Gasteiger partial charge in [0.05, 0.1) is 12.3 Å². The molecule has 4 nitrogen and oxygen atoms in total. The summed E-state index contributed by atoms with van der Waals surface area (Å²) in [5.41, 5.74) is 1.82. The Morgan fingerprint density at radius 1 is 1.30 bits per heavy atom. The lowest BCUT2D eigenvalue weighted by atomic mass is 10.1. The fourth-order valence-corrected chi connectivity index (χ4v) is 2.13. The van der Waals surface area contributed by atoms with Crippen molar-refractivity contribution in [1.82, 2.24) is 0 Å². The number of rotatable bonds is 5. The van der Waals surface area contributed by atoms with Crippen LogP contribution in [-0.2, 0) is 9.47 Å². The molecule has 1 aliphatic heterocycles. The largest absolute Gasteiger partial charge is 0.449 e. The second kappa shape index (κ2) is 7.10. The number of nitrogens with zero attached hydrogens (tertiary/aromatic N) is 1. The second-order valence-electron chi connectivity index (χ2n) is 4.60. The van der Waals surface area contributed by atoms with Gasteiger partial charge in [0, 0.05) is 6.61 Å². The SMILES string of the molecule is CCCCOC1C=Cc2ccccc2N1C(=O)OCC. The first-order valence-corrected chi connectivity index (χ1v) is 7.12. The van der Waals surface area contributed by atoms with Gasteiger partial charge in [0.2, 0.25) is 0 Å². The lowest BCUT2D eigenvalue weighted by Crippen LogP contribution is -2.43. The number of hydrogen-bond donors (Lipinski definition) is 0. The third kappa shape index (κ3) is 3.20. The van der Waals surface area contributed by atoms with Crippen molar-refractivity contribution in [3.8, 4) is 0 Å². The van der Waals surface area contributed by atoms with E-state index in [1.54, 1.807) is 11.8 Å². The minimum Gasteiger partial charge on any atom is -0.449 e. The predicted molar refractivity (Wildman–Crippen MR) is 79.6 cm³/mol. The number of unbranched alkanes of at least 4 members (excludes halogenated alkanes) is 1. The first-order valence-electron chi connectivity index (χ1n) is 7.12. The van der Waals surface area contributed by atoms with E-state index < -0.39 is 6.23 Å². The van der Waals surface area contributed by atoms with Gasteiger partial charge in [-0.25, -0.2) is 9.69 Å². The van der Waals surface area contributed by atoms with Gasteiger partial charge in [-0.3, -0.25) is 0 Å². The Hall–Kier alpha value is -1.81. The van der Waals surface area contributed by atoms with Crippen molar-refractivity contribution in [1.29, 1.82) is 0 Å². The monoisotopic (exact) mass is 275 g/mol. The molecule has 0 aliphatic carbocycles. The molecule has 0 N–H and O–H groups in total. The van der Waals surface area contributed by atoms with Crippen LogP contribution in [0, 0.1) is 0 Å². The molecule has 1 aromatic rings. The summed E-state index contributed by atoms with van der Waals surface area (Å²) in [7, 11) is 0. The highest BCUT2D eigenvalue weighted by atomic mass is 16.6. The Labute approximate surface area is 120 Å². The van der Waals surface area contributed by atoms with Crippen LogP contribution in [0.5, 0.6) is 0 Å². The van der Waals surface area contributed by atoms with E-state index in [0.29, 0.717) is 13.2 Å². The van der Waals surface area contributed by atoms with E-state index in [9.17, 15) is 4.79 Å². The molecular formula is C16H21NO3. The average molecular weight is 275 g/mol. The molecule has 0 radical (unpaired) electrons. The van der Waals surface area contributed by atoms with Crippen molar-refractivity contribution in [2.45, 2.75) is 32.9 Å². The molecule has 1 unspecified atom stereocenters. The number of hydrogen-bond acceptors (Lipinski definition) is 3. The van der Waals surface area contributed by atoms with Crippen molar-refractivity contribution in [3.05, 3.63) is 35.9 Å². The number of carbonyl (C=O) groups is 1. The number of para-hydroxylation sites is 1. The fraction of sp³-hybridized carbons (Fsp3) is 0.438. The molecule has 0 saturated carbocycles. The predicted octanol–water partition coefficient (Wildman–Crippen LogP) is 3.82. The lowest BCUT2D eigenvalue weighted by molar-refractivity contribution is 0.0725. The van der Waals surface area contributed by atoms with E-state index in [0.717, 1.165) is 24.1 Å². The number of anilines is 1. The highest BCUT2D eigenvalue weighted by Crippen LogP contribution is 2.30. The van der Waals surface area contributed by atoms with Crippen molar-refractivity contribution >= 4 is 17.9 Å². The highest BCUT2D eigenvalue weighted by molar-refractivity contribution is 5.93. The molecule has 1 aliphatic rings. The number of ether oxygens (including phenoxy) is 2. The van der Waals surface area contributed by atoms with Gasteiger partial charge in [-0.1, -0.05) is 37.6 Å². The first kappa shape index (κ1) is 14.6. The Bertz CT molecular complexity index is 484. The molecule has 2 rings (SSSR count). The Kier molecular flexibility index (Phi) is 5.18. The van der Waals surface area contributed by atoms with E-state index >= 15 is 0 Å². The fourth-order valence-electron chi connectivity index (χ4n) is 2.13. The molecule has 0 saturated heterocycles. The maximum Gasteiger partial charge on any atom is 0.416 e. The molecule has 0 aromatic heterocycles. The van der Waals surface area contributed by atoms with Gasteiger partial charge >= 0.3 is 6.09 Å². The van der Waals surface area contributed by atoms with Crippen LogP contribution < -0.4 is 4.90 Å². The average Bonchev–Trinajstić information content (AvgIpc) is 2.47. The molecule has 108 valence electrons. The van der Waals surface area contributed by atoms with Gasteiger partial charge < -0.3 is 9.47 Å². The van der Waals surface area contributed by atoms with Crippen molar-refractivity contribution in [3.63, 3.8) is 0 Å². The van der Waals surface area contributed by atoms with E-state index in [1.807, 2.05) is 36.4 Å². The van der Waals surface area contributed by atoms with E-state index in [1.165, 1.54) is 0 Å². The Morgan fingerprint density at radius 2 is 2.10 bits per heavy atom. The zero-order valence-electron chi connectivity index (χ0n) is 12.0. The number of fused-ring (bicyclic) bond motifs is 1. The molecule has 1 atom stereocenters. The van der Waals surface area contributed by atoms with Gasteiger partial charge in [-0.15, -0.1) is 0 Å². The topological polar surface area (TPSA) is 38.8 Å². The molecule has 4 heteroatoms. The summed E-state index contributed by atoms with van der Waals surface area (Å²) >= 11 is 0.